The maximum Gasteiger partial charge on any atom is 0.259 e. The van der Waals surface area contributed by atoms with Crippen molar-refractivity contribution in [2.75, 3.05) is 11.9 Å². The first-order valence-corrected chi connectivity index (χ1v) is 6.61. The molecular weight excluding hydrogens is 306 g/mol. The molecule has 0 saturated carbocycles. The number of anilines is 1. The highest BCUT2D eigenvalue weighted by Crippen LogP contribution is 2.23. The molecule has 2 aromatic carbocycles. The minimum atomic E-state index is -0.0995. The molecule has 0 saturated heterocycles. The molecule has 1 N–H and O–H groups in total. The average molecular weight is 320 g/mol. The fourth-order valence-electron chi connectivity index (χ4n) is 1.77. The van der Waals surface area contributed by atoms with Crippen LogP contribution in [0.2, 0.25) is 0 Å². The van der Waals surface area contributed by atoms with Crippen molar-refractivity contribution in [1.29, 1.82) is 0 Å². The number of rotatable bonds is 2. The van der Waals surface area contributed by atoms with E-state index in [4.69, 9.17) is 0 Å². The number of aryl methyl sites for hydroxylation is 1. The summed E-state index contributed by atoms with van der Waals surface area (Å²) in [6.07, 6.45) is 0. The fourth-order valence-corrected chi connectivity index (χ4v) is 2.43. The van der Waals surface area contributed by atoms with Crippen molar-refractivity contribution in [3.63, 3.8) is 0 Å². The van der Waals surface area contributed by atoms with Crippen LogP contribution >= 0.6 is 15.9 Å². The molecule has 0 fully saturated rings. The van der Waals surface area contributed by atoms with Crippen LogP contribution < -0.4 is 4.90 Å². The summed E-state index contributed by atoms with van der Waals surface area (Å²) in [4.78, 5) is 13.9. The smallest absolute Gasteiger partial charge is 0.259 e. The van der Waals surface area contributed by atoms with Crippen molar-refractivity contribution in [1.82, 2.24) is 0 Å². The van der Waals surface area contributed by atoms with E-state index in [-0.39, 0.29) is 11.7 Å². The van der Waals surface area contributed by atoms with E-state index < -0.39 is 0 Å². The summed E-state index contributed by atoms with van der Waals surface area (Å²) in [7, 11) is 1.71. The lowest BCUT2D eigenvalue weighted by atomic mass is 10.1. The number of carbonyl (C=O) groups is 1. The summed E-state index contributed by atoms with van der Waals surface area (Å²) in [6.45, 7) is 1.97. The van der Waals surface area contributed by atoms with Gasteiger partial charge in [-0.2, -0.15) is 0 Å². The third-order valence-corrected chi connectivity index (χ3v) is 3.55. The molecule has 19 heavy (non-hydrogen) atoms. The second-order valence-corrected chi connectivity index (χ2v) is 5.22. The molecule has 2 aromatic rings. The molecule has 4 heteroatoms. The van der Waals surface area contributed by atoms with Crippen molar-refractivity contribution < 1.29 is 9.90 Å². The Morgan fingerprint density at radius 3 is 2.37 bits per heavy atom. The van der Waals surface area contributed by atoms with Crippen LogP contribution in [0.15, 0.2) is 46.9 Å². The summed E-state index contributed by atoms with van der Waals surface area (Å²) >= 11 is 3.41. The van der Waals surface area contributed by atoms with Crippen molar-refractivity contribution >= 4 is 27.5 Å². The van der Waals surface area contributed by atoms with Crippen molar-refractivity contribution in [3.8, 4) is 5.75 Å². The largest absolute Gasteiger partial charge is 0.508 e. The molecule has 0 aliphatic rings. The molecule has 98 valence electrons. The number of aromatic hydroxyl groups is 1. The van der Waals surface area contributed by atoms with E-state index in [2.05, 4.69) is 15.9 Å². The number of benzene rings is 2. The minimum absolute atomic E-state index is 0.0995. The number of phenolic OH excluding ortho intramolecular Hbond substituents is 1. The summed E-state index contributed by atoms with van der Waals surface area (Å²) in [6, 6.07) is 12.1. The third-order valence-electron chi connectivity index (χ3n) is 2.90. The van der Waals surface area contributed by atoms with Crippen LogP contribution in [0, 0.1) is 6.92 Å². The van der Waals surface area contributed by atoms with Crippen LogP contribution in [-0.2, 0) is 0 Å². The van der Waals surface area contributed by atoms with E-state index >= 15 is 0 Å². The lowest BCUT2D eigenvalue weighted by molar-refractivity contribution is 0.0992. The predicted octanol–water partition coefficient (Wildman–Crippen LogP) is 3.74. The Labute approximate surface area is 120 Å². The standard InChI is InChI=1S/C15H14BrNO2/c1-10-3-8-13(14(16)9-10)15(19)17(2)11-4-6-12(18)7-5-11/h3-9,18H,1-2H3. The van der Waals surface area contributed by atoms with E-state index in [0.717, 1.165) is 15.7 Å². The molecule has 0 aliphatic carbocycles. The number of nitrogens with zero attached hydrogens (tertiary/aromatic N) is 1. The van der Waals surface area contributed by atoms with Crippen molar-refractivity contribution in [2.45, 2.75) is 6.92 Å². The first-order chi connectivity index (χ1) is 8.99. The number of hydrogen-bond acceptors (Lipinski definition) is 2. The first-order valence-electron chi connectivity index (χ1n) is 5.82. The van der Waals surface area contributed by atoms with Crippen LogP contribution in [0.1, 0.15) is 15.9 Å². The highest BCUT2D eigenvalue weighted by Gasteiger charge is 2.16. The van der Waals surface area contributed by atoms with Crippen LogP contribution in [0.25, 0.3) is 0 Å². The van der Waals surface area contributed by atoms with E-state index in [1.54, 1.807) is 42.3 Å². The second kappa shape index (κ2) is 5.45. The van der Waals surface area contributed by atoms with Gasteiger partial charge in [-0.1, -0.05) is 6.07 Å². The molecule has 0 spiro atoms. The Bertz CT molecular complexity index is 608. The van der Waals surface area contributed by atoms with Gasteiger partial charge in [0, 0.05) is 17.2 Å². The van der Waals surface area contributed by atoms with Gasteiger partial charge in [-0.3, -0.25) is 4.79 Å². The van der Waals surface area contributed by atoms with Gasteiger partial charge in [0.15, 0.2) is 0 Å². The van der Waals surface area contributed by atoms with Gasteiger partial charge in [0.2, 0.25) is 0 Å². The van der Waals surface area contributed by atoms with Gasteiger partial charge in [-0.25, -0.2) is 0 Å². The minimum Gasteiger partial charge on any atom is -0.508 e. The highest BCUT2D eigenvalue weighted by atomic mass is 79.9. The summed E-state index contributed by atoms with van der Waals surface area (Å²) < 4.78 is 0.781. The number of hydrogen-bond donors (Lipinski definition) is 1. The zero-order chi connectivity index (χ0) is 14.0. The van der Waals surface area contributed by atoms with Gasteiger partial charge in [-0.15, -0.1) is 0 Å². The Hall–Kier alpha value is -1.81. The van der Waals surface area contributed by atoms with Crippen LogP contribution in [0.4, 0.5) is 5.69 Å². The van der Waals surface area contributed by atoms with Crippen LogP contribution in [0.5, 0.6) is 5.75 Å². The zero-order valence-electron chi connectivity index (χ0n) is 10.7. The quantitative estimate of drug-likeness (QED) is 0.916. The van der Waals surface area contributed by atoms with E-state index in [1.807, 2.05) is 19.1 Å². The molecule has 0 aromatic heterocycles. The van der Waals surface area contributed by atoms with E-state index in [9.17, 15) is 9.90 Å². The van der Waals surface area contributed by atoms with Crippen molar-refractivity contribution in [3.05, 3.63) is 58.1 Å². The maximum absolute atomic E-state index is 12.4. The van der Waals surface area contributed by atoms with E-state index in [1.165, 1.54) is 0 Å². The molecule has 0 aliphatic heterocycles. The maximum atomic E-state index is 12.4. The molecule has 0 atom stereocenters. The number of phenols is 1. The lowest BCUT2D eigenvalue weighted by Crippen LogP contribution is -2.26. The fraction of sp³-hybridized carbons (Fsp3) is 0.133. The molecule has 2 rings (SSSR count). The van der Waals surface area contributed by atoms with Crippen LogP contribution in [0.3, 0.4) is 0 Å². The third kappa shape index (κ3) is 2.96. The molecule has 3 nitrogen and oxygen atoms in total. The lowest BCUT2D eigenvalue weighted by Gasteiger charge is -2.18. The van der Waals surface area contributed by atoms with Gasteiger partial charge in [0.1, 0.15) is 5.75 Å². The zero-order valence-corrected chi connectivity index (χ0v) is 12.3. The molecule has 1 amide bonds. The van der Waals surface area contributed by atoms with Gasteiger partial charge < -0.3 is 10.0 Å². The monoisotopic (exact) mass is 319 g/mol. The first kappa shape index (κ1) is 13.6. The number of amides is 1. The summed E-state index contributed by atoms with van der Waals surface area (Å²) in [5.74, 6) is 0.0821. The van der Waals surface area contributed by atoms with Crippen LogP contribution in [-0.4, -0.2) is 18.1 Å². The molecule has 0 radical (unpaired) electrons. The summed E-state index contributed by atoms with van der Waals surface area (Å²) in [5, 5.41) is 9.26. The number of carbonyl (C=O) groups excluding carboxylic acids is 1. The molecule has 0 unspecified atom stereocenters. The second-order valence-electron chi connectivity index (χ2n) is 4.36. The highest BCUT2D eigenvalue weighted by molar-refractivity contribution is 9.10. The Morgan fingerprint density at radius 1 is 1.16 bits per heavy atom. The Kier molecular flexibility index (Phi) is 3.90. The summed E-state index contributed by atoms with van der Waals surface area (Å²) in [5.41, 5.74) is 2.44. The Balaban J connectivity index is 2.30. The SMILES string of the molecule is Cc1ccc(C(=O)N(C)c2ccc(O)cc2)c(Br)c1. The average Bonchev–Trinajstić information content (AvgIpc) is 2.38. The van der Waals surface area contributed by atoms with Gasteiger partial charge in [0.05, 0.1) is 5.56 Å². The normalized spacial score (nSPS) is 10.3. The van der Waals surface area contributed by atoms with E-state index in [0.29, 0.717) is 5.56 Å². The van der Waals surface area contributed by atoms with Gasteiger partial charge in [-0.05, 0) is 64.8 Å². The van der Waals surface area contributed by atoms with Gasteiger partial charge >= 0.3 is 0 Å². The topological polar surface area (TPSA) is 40.5 Å². The Morgan fingerprint density at radius 2 is 1.79 bits per heavy atom. The molecule has 0 bridgehead atoms. The predicted molar refractivity (Wildman–Crippen MR) is 79.7 cm³/mol. The molecule has 0 heterocycles. The van der Waals surface area contributed by atoms with Crippen molar-refractivity contribution in [2.24, 2.45) is 0 Å². The number of halogens is 1. The molecular formula is C15H14BrNO2. The van der Waals surface area contributed by atoms with Gasteiger partial charge in [0.25, 0.3) is 5.91 Å².